The third-order valence-corrected chi connectivity index (χ3v) is 9.81. The number of ether oxygens (including phenoxy) is 3. The van der Waals surface area contributed by atoms with Crippen LogP contribution in [0.5, 0.6) is 0 Å². The molecule has 5 atom stereocenters. The van der Waals surface area contributed by atoms with Crippen LogP contribution >= 0.6 is 0 Å². The Kier molecular flexibility index (Phi) is 7.46. The van der Waals surface area contributed by atoms with E-state index in [2.05, 4.69) is 24.1 Å². The molecular weight excluding hydrogens is 484 g/mol. The number of nitrogen functional groups attached to an aromatic ring is 1. The largest absolute Gasteiger partial charge is 0.443 e. The summed E-state index contributed by atoms with van der Waals surface area (Å²) in [6, 6.07) is 6.75. The molecule has 0 spiro atoms. The highest BCUT2D eigenvalue weighted by atomic mass is 32.2. The van der Waals surface area contributed by atoms with Crippen molar-refractivity contribution >= 4 is 21.8 Å². The first kappa shape index (κ1) is 25.7. The second kappa shape index (κ2) is 10.4. The highest BCUT2D eigenvalue weighted by molar-refractivity contribution is 7.89. The van der Waals surface area contributed by atoms with Gasteiger partial charge in [0.05, 0.1) is 17.6 Å². The first-order valence-corrected chi connectivity index (χ1v) is 14.5. The molecule has 5 unspecified atom stereocenters. The average molecular weight is 523 g/mol. The minimum atomic E-state index is -3.68. The van der Waals surface area contributed by atoms with Gasteiger partial charge in [-0.3, -0.25) is 0 Å². The number of amides is 1. The third-order valence-electron chi connectivity index (χ3n) is 7.93. The molecule has 11 heteroatoms. The zero-order valence-electron chi connectivity index (χ0n) is 21.0. The number of sulfonamides is 1. The van der Waals surface area contributed by atoms with E-state index in [9.17, 15) is 13.2 Å². The number of rotatable bonds is 10. The molecule has 1 aromatic rings. The summed E-state index contributed by atoms with van der Waals surface area (Å²) in [7, 11) is -3.68. The third kappa shape index (κ3) is 5.35. The minimum absolute atomic E-state index is 0.0968. The summed E-state index contributed by atoms with van der Waals surface area (Å²) in [5.74, 6) is 0.869. The molecule has 0 radical (unpaired) electrons. The van der Waals surface area contributed by atoms with Crippen LogP contribution in [0.25, 0.3) is 0 Å². The number of carbonyl (C=O) groups is 1. The number of alkyl carbamates (subject to hydrolysis) is 1. The summed E-state index contributed by atoms with van der Waals surface area (Å²) >= 11 is 0. The second-order valence-electron chi connectivity index (χ2n) is 10.9. The predicted molar refractivity (Wildman–Crippen MR) is 134 cm³/mol. The van der Waals surface area contributed by atoms with Gasteiger partial charge in [-0.1, -0.05) is 0 Å². The fourth-order valence-electron chi connectivity index (χ4n) is 5.87. The molecule has 3 heterocycles. The lowest BCUT2D eigenvalue weighted by Crippen LogP contribution is -2.54. The zero-order chi connectivity index (χ0) is 25.4. The maximum Gasteiger partial charge on any atom is 0.407 e. The van der Waals surface area contributed by atoms with Crippen LogP contribution in [0.4, 0.5) is 10.5 Å². The zero-order valence-corrected chi connectivity index (χ0v) is 21.9. The fourth-order valence-corrected chi connectivity index (χ4v) is 7.42. The summed E-state index contributed by atoms with van der Waals surface area (Å²) < 4.78 is 45.7. The minimum Gasteiger partial charge on any atom is -0.443 e. The average Bonchev–Trinajstić information content (AvgIpc) is 3.10. The molecule has 1 aliphatic carbocycles. The molecule has 3 aliphatic heterocycles. The highest BCUT2D eigenvalue weighted by Crippen LogP contribution is 2.46. The number of carbonyl (C=O) groups excluding carboxylic acids is 1. The van der Waals surface area contributed by atoms with Gasteiger partial charge in [-0.25, -0.2) is 13.2 Å². The second-order valence-corrected chi connectivity index (χ2v) is 12.8. The summed E-state index contributed by atoms with van der Waals surface area (Å²) in [5, 5.41) is 2.80. The van der Waals surface area contributed by atoms with E-state index in [1.807, 2.05) is 0 Å². The number of hydrogen-bond acceptors (Lipinski definition) is 8. The predicted octanol–water partition coefficient (Wildman–Crippen LogP) is 1.87. The van der Waals surface area contributed by atoms with Crippen LogP contribution in [0.2, 0.25) is 0 Å². The first-order chi connectivity index (χ1) is 17.2. The lowest BCUT2D eigenvalue weighted by Gasteiger charge is -2.43. The van der Waals surface area contributed by atoms with E-state index in [-0.39, 0.29) is 35.2 Å². The first-order valence-electron chi connectivity index (χ1n) is 13.0. The molecule has 4 aliphatic rings. The standard InChI is InChI=1S/C25H38N4O6S/c1-16(2)28-12-17(13-28)14-29(36(31,32)21-6-4-20(26)5-7-21)9-3-8-27-25(30)35-23-19-10-18-11-22(23)34-24(18)33-15-19/h4-7,16-19,22-24H,3,8-15,26H2,1-2H3,(H,27,30). The molecule has 1 aromatic carbocycles. The topological polar surface area (TPSA) is 123 Å². The van der Waals surface area contributed by atoms with Crippen LogP contribution in [0.3, 0.4) is 0 Å². The van der Waals surface area contributed by atoms with Gasteiger partial charge in [0.2, 0.25) is 10.0 Å². The van der Waals surface area contributed by atoms with Crippen molar-refractivity contribution in [1.82, 2.24) is 14.5 Å². The van der Waals surface area contributed by atoms with Crippen molar-refractivity contribution in [3.05, 3.63) is 24.3 Å². The van der Waals surface area contributed by atoms with E-state index < -0.39 is 16.1 Å². The van der Waals surface area contributed by atoms with Crippen molar-refractivity contribution < 1.29 is 27.4 Å². The van der Waals surface area contributed by atoms with Gasteiger partial charge in [0.25, 0.3) is 0 Å². The molecule has 5 rings (SSSR count). The molecule has 3 saturated heterocycles. The van der Waals surface area contributed by atoms with Crippen LogP contribution < -0.4 is 11.1 Å². The SMILES string of the molecule is CC(C)N1CC(CN(CCCNC(=O)OC2C3COC4OC2CC4C3)S(=O)(=O)c2ccc(N)cc2)C1. The van der Waals surface area contributed by atoms with Crippen molar-refractivity contribution in [3.63, 3.8) is 0 Å². The van der Waals surface area contributed by atoms with E-state index >= 15 is 0 Å². The van der Waals surface area contributed by atoms with E-state index in [1.165, 1.54) is 4.31 Å². The Morgan fingerprint density at radius 2 is 1.97 bits per heavy atom. The lowest BCUT2D eigenvalue weighted by molar-refractivity contribution is -0.153. The van der Waals surface area contributed by atoms with Gasteiger partial charge in [0.1, 0.15) is 6.10 Å². The van der Waals surface area contributed by atoms with Crippen molar-refractivity contribution in [2.75, 3.05) is 45.1 Å². The Morgan fingerprint density at radius 1 is 1.22 bits per heavy atom. The summed E-state index contributed by atoms with van der Waals surface area (Å²) in [4.78, 5) is 15.1. The molecule has 1 amide bonds. The van der Waals surface area contributed by atoms with Crippen molar-refractivity contribution in [1.29, 1.82) is 0 Å². The Labute approximate surface area is 213 Å². The fraction of sp³-hybridized carbons (Fsp3) is 0.720. The summed E-state index contributed by atoms with van der Waals surface area (Å²) in [5.41, 5.74) is 6.27. The Bertz CT molecular complexity index is 1020. The molecular formula is C25H38N4O6S. The smallest absolute Gasteiger partial charge is 0.407 e. The van der Waals surface area contributed by atoms with E-state index in [4.69, 9.17) is 19.9 Å². The van der Waals surface area contributed by atoms with Gasteiger partial charge in [-0.15, -0.1) is 0 Å². The quantitative estimate of drug-likeness (QED) is 0.353. The normalized spacial score (nSPS) is 30.1. The molecule has 1 saturated carbocycles. The number of nitrogens with two attached hydrogens (primary N) is 1. The highest BCUT2D eigenvalue weighted by Gasteiger charge is 2.53. The van der Waals surface area contributed by atoms with Gasteiger partial charge in [0.15, 0.2) is 6.29 Å². The van der Waals surface area contributed by atoms with Crippen LogP contribution in [0.15, 0.2) is 29.2 Å². The van der Waals surface area contributed by atoms with E-state index in [0.717, 1.165) is 25.9 Å². The van der Waals surface area contributed by atoms with Gasteiger partial charge >= 0.3 is 6.09 Å². The van der Waals surface area contributed by atoms with Gasteiger partial charge in [-0.2, -0.15) is 4.31 Å². The molecule has 0 aromatic heterocycles. The number of benzene rings is 1. The number of likely N-dealkylation sites (tertiary alicyclic amines) is 1. The monoisotopic (exact) mass is 522 g/mol. The van der Waals surface area contributed by atoms with Gasteiger partial charge < -0.3 is 30.2 Å². The van der Waals surface area contributed by atoms with Crippen LogP contribution in [-0.2, 0) is 24.2 Å². The Morgan fingerprint density at radius 3 is 2.69 bits per heavy atom. The molecule has 36 heavy (non-hydrogen) atoms. The van der Waals surface area contributed by atoms with Crippen LogP contribution in [0, 0.1) is 17.8 Å². The van der Waals surface area contributed by atoms with Gasteiger partial charge in [-0.05, 0) is 63.3 Å². The number of nitrogens with one attached hydrogen (secondary N) is 1. The number of nitrogens with zero attached hydrogens (tertiary/aromatic N) is 2. The number of anilines is 1. The maximum absolute atomic E-state index is 13.4. The molecule has 3 N–H and O–H groups in total. The van der Waals surface area contributed by atoms with Crippen molar-refractivity contribution in [3.8, 4) is 0 Å². The molecule has 4 fully saturated rings. The molecule has 10 nitrogen and oxygen atoms in total. The summed E-state index contributed by atoms with van der Waals surface area (Å²) in [6.07, 6.45) is 1.28. The number of fused-ring (bicyclic) bond motifs is 2. The van der Waals surface area contributed by atoms with Crippen molar-refractivity contribution in [2.24, 2.45) is 17.8 Å². The Hall–Kier alpha value is -1.92. The number of hydrogen-bond donors (Lipinski definition) is 2. The van der Waals surface area contributed by atoms with Gasteiger partial charge in [0, 0.05) is 56.3 Å². The van der Waals surface area contributed by atoms with Crippen LogP contribution in [-0.4, -0.2) is 87.6 Å². The van der Waals surface area contributed by atoms with E-state index in [0.29, 0.717) is 50.3 Å². The lowest BCUT2D eigenvalue weighted by atomic mass is 9.78. The molecule has 200 valence electrons. The molecule has 3 bridgehead atoms. The maximum atomic E-state index is 13.4. The van der Waals surface area contributed by atoms with Crippen LogP contribution in [0.1, 0.15) is 33.1 Å². The Balaban J connectivity index is 1.14. The summed E-state index contributed by atoms with van der Waals surface area (Å²) in [6.45, 7) is 7.69. The van der Waals surface area contributed by atoms with Crippen molar-refractivity contribution in [2.45, 2.75) is 62.5 Å². The van der Waals surface area contributed by atoms with E-state index in [1.54, 1.807) is 24.3 Å².